The van der Waals surface area contributed by atoms with Crippen LogP contribution in [-0.4, -0.2) is 22.9 Å². The van der Waals surface area contributed by atoms with Gasteiger partial charge in [-0.05, 0) is 50.6 Å². The number of aryl methyl sites for hydroxylation is 2. The molecule has 8 heteroatoms. The third-order valence-corrected chi connectivity index (χ3v) is 3.97. The van der Waals surface area contributed by atoms with E-state index in [4.69, 9.17) is 16.3 Å². The van der Waals surface area contributed by atoms with E-state index in [0.717, 1.165) is 5.56 Å². The van der Waals surface area contributed by atoms with Gasteiger partial charge in [-0.2, -0.15) is 0 Å². The lowest BCUT2D eigenvalue weighted by Gasteiger charge is -2.15. The molecule has 0 aliphatic carbocycles. The van der Waals surface area contributed by atoms with Crippen LogP contribution in [0.1, 0.15) is 28.4 Å². The van der Waals surface area contributed by atoms with Crippen molar-refractivity contribution in [1.29, 1.82) is 0 Å². The Kier molecular flexibility index (Phi) is 5.94. The van der Waals surface area contributed by atoms with E-state index in [2.05, 4.69) is 5.32 Å². The monoisotopic (exact) mass is 376 g/mol. The molecule has 136 valence electrons. The van der Waals surface area contributed by atoms with Gasteiger partial charge in [0.2, 0.25) is 0 Å². The number of nitro benzene ring substituents is 1. The fraction of sp³-hybridized carbons (Fsp3) is 0.222. The molecule has 2 aromatic rings. The van der Waals surface area contributed by atoms with Crippen molar-refractivity contribution in [3.05, 3.63) is 68.2 Å². The van der Waals surface area contributed by atoms with Crippen LogP contribution in [0.15, 0.2) is 36.4 Å². The smallest absolute Gasteiger partial charge is 0.338 e. The van der Waals surface area contributed by atoms with Gasteiger partial charge in [-0.3, -0.25) is 14.9 Å². The maximum absolute atomic E-state index is 12.2. The van der Waals surface area contributed by atoms with E-state index in [-0.39, 0.29) is 11.3 Å². The Bertz CT molecular complexity index is 882. The van der Waals surface area contributed by atoms with E-state index >= 15 is 0 Å². The minimum absolute atomic E-state index is 0.0937. The van der Waals surface area contributed by atoms with E-state index in [9.17, 15) is 19.7 Å². The molecular weight excluding hydrogens is 360 g/mol. The number of nitrogens with one attached hydrogen (secondary N) is 1. The molecule has 0 aliphatic rings. The standard InChI is InChI=1S/C18H17ClN2O5/c1-10-4-6-14(19)9-15(10)20-17(22)12(3)26-18(23)13-5-7-16(21(24)25)11(2)8-13/h4-9,12H,1-3H3,(H,20,22)/t12-/m1/s1. The predicted molar refractivity (Wildman–Crippen MR) is 97.5 cm³/mol. The number of carbonyl (C=O) groups excluding carboxylic acids is 2. The van der Waals surface area contributed by atoms with Crippen LogP contribution < -0.4 is 5.32 Å². The average molecular weight is 377 g/mol. The number of nitrogens with zero attached hydrogens (tertiary/aromatic N) is 1. The minimum atomic E-state index is -1.06. The maximum atomic E-state index is 12.2. The van der Waals surface area contributed by atoms with Crippen molar-refractivity contribution < 1.29 is 19.2 Å². The van der Waals surface area contributed by atoms with Crippen LogP contribution in [0.5, 0.6) is 0 Å². The molecule has 0 saturated carbocycles. The number of rotatable bonds is 5. The Balaban J connectivity index is 2.06. The summed E-state index contributed by atoms with van der Waals surface area (Å²) in [5.41, 5.74) is 1.70. The van der Waals surface area contributed by atoms with Crippen molar-refractivity contribution in [2.75, 3.05) is 5.32 Å². The van der Waals surface area contributed by atoms with Crippen LogP contribution in [0.25, 0.3) is 0 Å². The van der Waals surface area contributed by atoms with Crippen LogP contribution in [-0.2, 0) is 9.53 Å². The largest absolute Gasteiger partial charge is 0.449 e. The molecule has 7 nitrogen and oxygen atoms in total. The molecular formula is C18H17ClN2O5. The highest BCUT2D eigenvalue weighted by Gasteiger charge is 2.21. The summed E-state index contributed by atoms with van der Waals surface area (Å²) in [5, 5.41) is 13.9. The summed E-state index contributed by atoms with van der Waals surface area (Å²) < 4.78 is 5.14. The first-order valence-corrected chi connectivity index (χ1v) is 8.10. The third-order valence-electron chi connectivity index (χ3n) is 3.74. The first-order valence-electron chi connectivity index (χ1n) is 7.72. The Morgan fingerprint density at radius 2 is 1.85 bits per heavy atom. The number of halogens is 1. The minimum Gasteiger partial charge on any atom is -0.449 e. The molecule has 26 heavy (non-hydrogen) atoms. The van der Waals surface area contributed by atoms with Crippen molar-refractivity contribution >= 4 is 34.9 Å². The zero-order valence-corrected chi connectivity index (χ0v) is 15.2. The van der Waals surface area contributed by atoms with Gasteiger partial charge in [-0.15, -0.1) is 0 Å². The molecule has 2 aromatic carbocycles. The third kappa shape index (κ3) is 4.58. The van der Waals surface area contributed by atoms with Gasteiger partial charge in [-0.1, -0.05) is 17.7 Å². The molecule has 0 heterocycles. The normalized spacial score (nSPS) is 11.5. The first kappa shape index (κ1) is 19.4. The SMILES string of the molecule is Cc1ccc(Cl)cc1NC(=O)[C@@H](C)OC(=O)c1ccc([N+](=O)[O-])c(C)c1. The Morgan fingerprint density at radius 3 is 2.46 bits per heavy atom. The second kappa shape index (κ2) is 7.97. The van der Waals surface area contributed by atoms with Crippen molar-refractivity contribution in [3.8, 4) is 0 Å². The zero-order chi connectivity index (χ0) is 19.4. The number of benzene rings is 2. The summed E-state index contributed by atoms with van der Waals surface area (Å²) in [6, 6.07) is 8.93. The lowest BCUT2D eigenvalue weighted by atomic mass is 10.1. The van der Waals surface area contributed by atoms with Gasteiger partial charge >= 0.3 is 5.97 Å². The number of amides is 1. The molecule has 0 aromatic heterocycles. The van der Waals surface area contributed by atoms with Crippen LogP contribution in [0.3, 0.4) is 0 Å². The molecule has 1 amide bonds. The Hall–Kier alpha value is -2.93. The molecule has 0 fully saturated rings. The number of anilines is 1. The number of ether oxygens (including phenoxy) is 1. The van der Waals surface area contributed by atoms with Crippen molar-refractivity contribution in [2.24, 2.45) is 0 Å². The topological polar surface area (TPSA) is 98.5 Å². The van der Waals surface area contributed by atoms with E-state index < -0.39 is 22.9 Å². The Labute approximate surface area is 155 Å². The maximum Gasteiger partial charge on any atom is 0.338 e. The zero-order valence-electron chi connectivity index (χ0n) is 14.4. The number of nitro groups is 1. The second-order valence-corrected chi connectivity index (χ2v) is 6.19. The van der Waals surface area contributed by atoms with Gasteiger partial charge in [0, 0.05) is 22.3 Å². The van der Waals surface area contributed by atoms with Gasteiger partial charge in [0.25, 0.3) is 11.6 Å². The fourth-order valence-corrected chi connectivity index (χ4v) is 2.40. The molecule has 0 unspecified atom stereocenters. The van der Waals surface area contributed by atoms with Crippen molar-refractivity contribution in [2.45, 2.75) is 26.9 Å². The molecule has 1 atom stereocenters. The average Bonchev–Trinajstić information content (AvgIpc) is 2.57. The summed E-state index contributed by atoms with van der Waals surface area (Å²) in [6.07, 6.45) is -1.06. The first-order chi connectivity index (χ1) is 12.2. The second-order valence-electron chi connectivity index (χ2n) is 5.75. The van der Waals surface area contributed by atoms with Crippen molar-refractivity contribution in [1.82, 2.24) is 0 Å². The number of hydrogen-bond donors (Lipinski definition) is 1. The molecule has 0 radical (unpaired) electrons. The lowest BCUT2D eigenvalue weighted by Crippen LogP contribution is -2.30. The summed E-state index contributed by atoms with van der Waals surface area (Å²) in [6.45, 7) is 4.76. The number of esters is 1. The van der Waals surface area contributed by atoms with Crippen LogP contribution in [0.2, 0.25) is 5.02 Å². The van der Waals surface area contributed by atoms with Gasteiger partial charge in [0.05, 0.1) is 10.5 Å². The van der Waals surface area contributed by atoms with Gasteiger partial charge in [0.15, 0.2) is 6.10 Å². The van der Waals surface area contributed by atoms with E-state index in [1.807, 2.05) is 6.92 Å². The van der Waals surface area contributed by atoms with Crippen molar-refractivity contribution in [3.63, 3.8) is 0 Å². The highest BCUT2D eigenvalue weighted by atomic mass is 35.5. The molecule has 0 spiro atoms. The van der Waals surface area contributed by atoms with Crippen LogP contribution in [0, 0.1) is 24.0 Å². The summed E-state index contributed by atoms with van der Waals surface area (Å²) in [5.74, 6) is -1.25. The highest BCUT2D eigenvalue weighted by Crippen LogP contribution is 2.21. The molecule has 0 aliphatic heterocycles. The quantitative estimate of drug-likeness (QED) is 0.482. The molecule has 2 rings (SSSR count). The lowest BCUT2D eigenvalue weighted by molar-refractivity contribution is -0.385. The number of hydrogen-bond acceptors (Lipinski definition) is 5. The van der Waals surface area contributed by atoms with Crippen LogP contribution in [0.4, 0.5) is 11.4 Å². The molecule has 0 saturated heterocycles. The van der Waals surface area contributed by atoms with E-state index in [1.165, 1.54) is 32.0 Å². The summed E-state index contributed by atoms with van der Waals surface area (Å²) in [7, 11) is 0. The summed E-state index contributed by atoms with van der Waals surface area (Å²) >= 11 is 5.91. The fourth-order valence-electron chi connectivity index (χ4n) is 2.23. The predicted octanol–water partition coefficient (Wildman–Crippen LogP) is 4.05. The molecule has 1 N–H and O–H groups in total. The Morgan fingerprint density at radius 1 is 1.15 bits per heavy atom. The molecule has 0 bridgehead atoms. The summed E-state index contributed by atoms with van der Waals surface area (Å²) in [4.78, 5) is 34.7. The van der Waals surface area contributed by atoms with Gasteiger partial charge in [-0.25, -0.2) is 4.79 Å². The van der Waals surface area contributed by atoms with E-state index in [0.29, 0.717) is 16.3 Å². The highest BCUT2D eigenvalue weighted by molar-refractivity contribution is 6.31. The number of carbonyl (C=O) groups is 2. The van der Waals surface area contributed by atoms with E-state index in [1.54, 1.807) is 18.2 Å². The van der Waals surface area contributed by atoms with Gasteiger partial charge in [0.1, 0.15) is 0 Å². The van der Waals surface area contributed by atoms with Gasteiger partial charge < -0.3 is 10.1 Å². The van der Waals surface area contributed by atoms with Crippen LogP contribution >= 0.6 is 11.6 Å².